The number of ether oxygens (including phenoxy) is 1. The first-order valence-corrected chi connectivity index (χ1v) is 12.0. The van der Waals surface area contributed by atoms with E-state index in [1.54, 1.807) is 61.8 Å². The second kappa shape index (κ2) is 10.5. The third kappa shape index (κ3) is 4.65. The molecule has 38 heavy (non-hydrogen) atoms. The maximum atomic E-state index is 13.3. The Kier molecular flexibility index (Phi) is 6.95. The van der Waals surface area contributed by atoms with E-state index < -0.39 is 12.0 Å². The highest BCUT2D eigenvalue weighted by Gasteiger charge is 2.30. The Hall–Kier alpha value is -4.47. The third-order valence-corrected chi connectivity index (χ3v) is 6.45. The van der Waals surface area contributed by atoms with E-state index in [0.29, 0.717) is 46.1 Å². The summed E-state index contributed by atoms with van der Waals surface area (Å²) in [6.45, 7) is 2.52. The Labute approximate surface area is 217 Å². The number of nitrogens with zero attached hydrogens (tertiary/aromatic N) is 1. The van der Waals surface area contributed by atoms with Crippen LogP contribution < -0.4 is 15.8 Å². The lowest BCUT2D eigenvalue weighted by molar-refractivity contribution is 0.0697. The van der Waals surface area contributed by atoms with Crippen LogP contribution >= 0.6 is 0 Å². The Morgan fingerprint density at radius 1 is 1.13 bits per heavy atom. The lowest BCUT2D eigenvalue weighted by Crippen LogP contribution is -2.28. The lowest BCUT2D eigenvalue weighted by atomic mass is 9.90. The molecule has 0 saturated heterocycles. The summed E-state index contributed by atoms with van der Waals surface area (Å²) in [6.07, 6.45) is 3.25. The summed E-state index contributed by atoms with van der Waals surface area (Å²) in [5, 5.41) is 26.4. The molecule has 0 fully saturated rings. The molecule has 194 valence electrons. The van der Waals surface area contributed by atoms with E-state index in [1.807, 2.05) is 0 Å². The van der Waals surface area contributed by atoms with Gasteiger partial charge in [-0.25, -0.2) is 9.18 Å². The van der Waals surface area contributed by atoms with Crippen molar-refractivity contribution in [2.75, 3.05) is 13.1 Å². The maximum absolute atomic E-state index is 13.3. The van der Waals surface area contributed by atoms with Gasteiger partial charge >= 0.3 is 5.97 Å². The average molecular weight is 516 g/mol. The quantitative estimate of drug-likeness (QED) is 0.215. The van der Waals surface area contributed by atoms with Crippen molar-refractivity contribution < 1.29 is 28.6 Å². The zero-order valence-corrected chi connectivity index (χ0v) is 20.6. The number of pyridine rings is 1. The van der Waals surface area contributed by atoms with Crippen LogP contribution in [0.15, 0.2) is 71.4 Å². The summed E-state index contributed by atoms with van der Waals surface area (Å²) in [7, 11) is 0. The summed E-state index contributed by atoms with van der Waals surface area (Å²) in [6, 6.07) is 14.1. The first kappa shape index (κ1) is 25.2. The molecular formula is C29H26FN3O5. The molecule has 2 aromatic heterocycles. The van der Waals surface area contributed by atoms with E-state index in [4.69, 9.17) is 14.9 Å². The van der Waals surface area contributed by atoms with Gasteiger partial charge in [0.1, 0.15) is 40.8 Å². The number of aryl methyl sites for hydroxylation is 1. The molecule has 5 N–H and O–H groups in total. The second-order valence-electron chi connectivity index (χ2n) is 8.88. The number of aromatic carboxylic acids is 1. The summed E-state index contributed by atoms with van der Waals surface area (Å²) in [5.41, 5.74) is 8.02. The summed E-state index contributed by atoms with van der Waals surface area (Å²) in [5.74, 6) is -0.895. The van der Waals surface area contributed by atoms with Gasteiger partial charge in [-0.05, 0) is 60.5 Å². The molecule has 0 aliphatic heterocycles. The van der Waals surface area contributed by atoms with Gasteiger partial charge in [-0.1, -0.05) is 12.1 Å². The Morgan fingerprint density at radius 3 is 2.55 bits per heavy atom. The third-order valence-electron chi connectivity index (χ3n) is 6.45. The first-order chi connectivity index (χ1) is 18.4. The molecule has 0 aliphatic carbocycles. The van der Waals surface area contributed by atoms with E-state index in [2.05, 4.69) is 10.3 Å². The van der Waals surface area contributed by atoms with Gasteiger partial charge in [-0.15, -0.1) is 0 Å². The van der Waals surface area contributed by atoms with Crippen LogP contribution in [-0.4, -0.2) is 34.3 Å². The highest BCUT2D eigenvalue weighted by molar-refractivity contribution is 6.16. The van der Waals surface area contributed by atoms with Crippen molar-refractivity contribution in [1.82, 2.24) is 10.3 Å². The molecule has 8 nitrogen and oxygen atoms in total. The number of halogens is 1. The number of phenols is 1. The van der Waals surface area contributed by atoms with Crippen molar-refractivity contribution in [3.05, 3.63) is 101 Å². The lowest BCUT2D eigenvalue weighted by Gasteiger charge is -2.23. The molecule has 1 unspecified atom stereocenters. The minimum Gasteiger partial charge on any atom is -0.507 e. The molecule has 5 rings (SSSR count). The topological polar surface area (TPSA) is 131 Å². The van der Waals surface area contributed by atoms with Gasteiger partial charge in [0.15, 0.2) is 0 Å². The SMILES string of the molecule is Cc1oc2c(c1C(=O)O)c(C(NCCN)c1ccncc1)c(O)c1cc(OCc3ccc(F)cc3)ccc12. The number of phenolic OH excluding ortho intramolecular Hbond substituents is 1. The van der Waals surface area contributed by atoms with E-state index in [1.165, 1.54) is 12.1 Å². The second-order valence-corrected chi connectivity index (χ2v) is 8.88. The fourth-order valence-electron chi connectivity index (χ4n) is 4.72. The van der Waals surface area contributed by atoms with Crippen molar-refractivity contribution in [3.8, 4) is 11.5 Å². The number of hydrogen-bond donors (Lipinski definition) is 4. The Bertz CT molecular complexity index is 1620. The summed E-state index contributed by atoms with van der Waals surface area (Å²) in [4.78, 5) is 16.4. The number of aromatic hydroxyl groups is 1. The normalized spacial score (nSPS) is 12.2. The van der Waals surface area contributed by atoms with Crippen LogP contribution in [-0.2, 0) is 6.61 Å². The molecule has 0 bridgehead atoms. The number of benzene rings is 3. The van der Waals surface area contributed by atoms with Crippen molar-refractivity contribution in [1.29, 1.82) is 0 Å². The molecule has 0 radical (unpaired) electrons. The average Bonchev–Trinajstić information content (AvgIpc) is 3.27. The van der Waals surface area contributed by atoms with Crippen LogP contribution in [0.2, 0.25) is 0 Å². The number of carboxylic acid groups (broad SMARTS) is 1. The number of aromatic nitrogens is 1. The minimum absolute atomic E-state index is 0.0163. The molecule has 1 atom stereocenters. The van der Waals surface area contributed by atoms with Gasteiger partial charge in [0.25, 0.3) is 0 Å². The number of hydrogen-bond acceptors (Lipinski definition) is 7. The molecular weight excluding hydrogens is 489 g/mol. The van der Waals surface area contributed by atoms with E-state index >= 15 is 0 Å². The highest BCUT2D eigenvalue weighted by atomic mass is 19.1. The van der Waals surface area contributed by atoms with Crippen LogP contribution in [0.3, 0.4) is 0 Å². The van der Waals surface area contributed by atoms with Gasteiger partial charge in [0.05, 0.1) is 6.04 Å². The number of carboxylic acids is 1. The van der Waals surface area contributed by atoms with E-state index in [0.717, 1.165) is 11.1 Å². The summed E-state index contributed by atoms with van der Waals surface area (Å²) >= 11 is 0. The number of furan rings is 1. The molecule has 3 aromatic carbocycles. The molecule has 0 amide bonds. The predicted octanol–water partition coefficient (Wildman–Crippen LogP) is 5.05. The zero-order chi connectivity index (χ0) is 26.8. The Balaban J connectivity index is 1.72. The van der Waals surface area contributed by atoms with Crippen LogP contribution in [0.5, 0.6) is 11.5 Å². The van der Waals surface area contributed by atoms with E-state index in [9.17, 15) is 19.4 Å². The van der Waals surface area contributed by atoms with Gasteiger partial charge in [-0.3, -0.25) is 4.98 Å². The van der Waals surface area contributed by atoms with Crippen molar-refractivity contribution in [3.63, 3.8) is 0 Å². The molecule has 9 heteroatoms. The van der Waals surface area contributed by atoms with Gasteiger partial charge in [-0.2, -0.15) is 0 Å². The smallest absolute Gasteiger partial charge is 0.339 e. The fourth-order valence-corrected chi connectivity index (χ4v) is 4.72. The monoisotopic (exact) mass is 515 g/mol. The highest BCUT2D eigenvalue weighted by Crippen LogP contribution is 2.46. The maximum Gasteiger partial charge on any atom is 0.339 e. The standard InChI is InChI=1S/C29H26FN3O5/c1-16-23(29(35)36)24-25(26(33-13-10-31)18-8-11-32-12-9-18)27(34)22-14-20(6-7-21(22)28(24)38-16)37-15-17-2-4-19(30)5-3-17/h2-9,11-12,14,26,33-34H,10,13,15,31H2,1H3,(H,35,36). The molecule has 0 aliphatic rings. The number of carbonyl (C=O) groups is 1. The van der Waals surface area contributed by atoms with Crippen LogP contribution in [0.1, 0.15) is 38.9 Å². The molecule has 2 heterocycles. The van der Waals surface area contributed by atoms with Gasteiger partial charge in [0, 0.05) is 47.2 Å². The summed E-state index contributed by atoms with van der Waals surface area (Å²) < 4.78 is 25.2. The van der Waals surface area contributed by atoms with Crippen molar-refractivity contribution in [2.45, 2.75) is 19.6 Å². The van der Waals surface area contributed by atoms with Gasteiger partial charge < -0.3 is 30.4 Å². The molecule has 5 aromatic rings. The van der Waals surface area contributed by atoms with Crippen molar-refractivity contribution >= 4 is 27.7 Å². The largest absolute Gasteiger partial charge is 0.507 e. The number of fused-ring (bicyclic) bond motifs is 3. The van der Waals surface area contributed by atoms with Crippen LogP contribution in [0.4, 0.5) is 4.39 Å². The van der Waals surface area contributed by atoms with Crippen LogP contribution in [0, 0.1) is 12.7 Å². The van der Waals surface area contributed by atoms with Crippen LogP contribution in [0.25, 0.3) is 21.7 Å². The van der Waals surface area contributed by atoms with Gasteiger partial charge in [0.2, 0.25) is 0 Å². The molecule has 0 saturated carbocycles. The minimum atomic E-state index is -1.16. The van der Waals surface area contributed by atoms with Crippen molar-refractivity contribution in [2.24, 2.45) is 5.73 Å². The number of nitrogens with two attached hydrogens (primary N) is 1. The Morgan fingerprint density at radius 2 is 1.87 bits per heavy atom. The fraction of sp³-hybridized carbons (Fsp3) is 0.172. The number of rotatable bonds is 9. The number of nitrogens with one attached hydrogen (secondary N) is 1. The first-order valence-electron chi connectivity index (χ1n) is 12.0. The van der Waals surface area contributed by atoms with E-state index in [-0.39, 0.29) is 29.5 Å². The molecule has 0 spiro atoms. The zero-order valence-electron chi connectivity index (χ0n) is 20.6. The predicted molar refractivity (Wildman–Crippen MR) is 141 cm³/mol.